The molecule has 0 aromatic carbocycles. The van der Waals surface area contributed by atoms with Gasteiger partial charge in [-0.05, 0) is 0 Å². The number of carbonyl (C=O) groups excluding carboxylic acids is 1. The quantitative estimate of drug-likeness (QED) is 0.151. The first kappa shape index (κ1) is 24.7. The number of aliphatic carboxylic acids is 1. The van der Waals surface area contributed by atoms with Gasteiger partial charge in [-0.1, -0.05) is 0 Å². The molecular formula is C14H22NO6Rf2-3. The van der Waals surface area contributed by atoms with Gasteiger partial charge in [0.2, 0.25) is 0 Å². The van der Waals surface area contributed by atoms with Crippen LogP contribution in [-0.4, -0.2) is 79.4 Å². The molecule has 2 N–H and O–H groups in total. The molecule has 0 heterocycles. The number of hydrogen-bond donors (Lipinski definition) is 2. The van der Waals surface area contributed by atoms with Crippen molar-refractivity contribution in [2.24, 2.45) is 0 Å². The molecule has 2 atom stereocenters. The van der Waals surface area contributed by atoms with Crippen LogP contribution in [0, 0.1) is 13.2 Å². The van der Waals surface area contributed by atoms with Crippen LogP contribution < -0.4 is 5.11 Å². The minimum absolute atomic E-state index is 0. The number of carbonyl (C=O) groups is 1. The van der Waals surface area contributed by atoms with E-state index in [4.69, 9.17) is 22.6 Å². The first-order valence-electron chi connectivity index (χ1n) is 6.50. The average Bonchev–Trinajstić information content (AvgIpc) is 2.38. The van der Waals surface area contributed by atoms with Crippen LogP contribution in [0.4, 0.5) is 0 Å². The molecule has 0 aliphatic heterocycles. The fourth-order valence-electron chi connectivity index (χ4n) is 1.63. The van der Waals surface area contributed by atoms with Crippen molar-refractivity contribution in [2.45, 2.75) is 12.2 Å². The second kappa shape index (κ2) is 15.1. The Bertz CT molecular complexity index is 298. The van der Waals surface area contributed by atoms with Crippen molar-refractivity contribution < 1.29 is 29.6 Å². The Morgan fingerprint density at radius 3 is 1.74 bits per heavy atom. The molecule has 0 bridgehead atoms. The molecule has 0 aromatic rings. The Hall–Kier alpha value is -3.25. The molecule has 0 fully saturated rings. The molecule has 9 heteroatoms. The van der Waals surface area contributed by atoms with Gasteiger partial charge in [-0.25, -0.2) is 12.2 Å². The maximum atomic E-state index is 10.7. The summed E-state index contributed by atoms with van der Waals surface area (Å²) < 4.78 is 10.0. The number of rotatable bonds is 14. The van der Waals surface area contributed by atoms with Gasteiger partial charge in [0.15, 0.2) is 0 Å². The van der Waals surface area contributed by atoms with E-state index in [0.29, 0.717) is 0 Å². The Balaban J connectivity index is -0.00000200. The molecule has 2 unspecified atom stereocenters. The zero-order valence-corrected chi connectivity index (χ0v) is 26.1. The van der Waals surface area contributed by atoms with Gasteiger partial charge in [0.05, 0.1) is 31.4 Å². The van der Waals surface area contributed by atoms with Crippen molar-refractivity contribution in [3.05, 3.63) is 25.3 Å². The van der Waals surface area contributed by atoms with Crippen LogP contribution in [0.5, 0.6) is 0 Å². The van der Waals surface area contributed by atoms with Crippen molar-refractivity contribution in [1.29, 1.82) is 0 Å². The van der Waals surface area contributed by atoms with Gasteiger partial charge in [0, 0.05) is 32.8 Å². The summed E-state index contributed by atoms with van der Waals surface area (Å²) in [5.74, 6) is -1.30. The third-order valence-corrected chi connectivity index (χ3v) is 2.34. The van der Waals surface area contributed by atoms with Gasteiger partial charge in [-0.2, -0.15) is 0 Å². The van der Waals surface area contributed by atoms with Gasteiger partial charge >= 0.3 is 0 Å². The minimum Gasteiger partial charge on any atom is -0.549 e. The number of carboxylic acids is 1. The maximum absolute atomic E-state index is 10.7. The molecule has 0 amide bonds. The second-order valence-electron chi connectivity index (χ2n) is 4.42. The molecule has 0 aliphatic carbocycles. The minimum atomic E-state index is -1.30. The summed E-state index contributed by atoms with van der Waals surface area (Å²) in [6.07, 6.45) is 0.771. The van der Waals surface area contributed by atoms with Gasteiger partial charge in [-0.15, -0.1) is 0 Å². The molecule has 0 radical (unpaired) electrons. The van der Waals surface area contributed by atoms with Gasteiger partial charge < -0.3 is 42.7 Å². The number of nitrogens with zero attached hydrogens (tertiary/aromatic N) is 1. The van der Waals surface area contributed by atoms with E-state index in [9.17, 15) is 20.1 Å². The van der Waals surface area contributed by atoms with Crippen LogP contribution in [-0.2, 0) is 14.3 Å². The van der Waals surface area contributed by atoms with E-state index in [2.05, 4.69) is 0 Å². The molecule has 0 aromatic heterocycles. The van der Waals surface area contributed by atoms with Crippen LogP contribution >= 0.6 is 0 Å². The Kier molecular flexibility index (Phi) is 16.3. The molecular weight excluding hydrogens is 812 g/mol. The van der Waals surface area contributed by atoms with Gasteiger partial charge in [0.25, 0.3) is 0 Å². The number of carboxylic acid groups (broad SMARTS) is 1. The standard InChI is InChI=1S/C14H23NO6.2Rf/c1-3-5-20-10-12(16)7-15(9-14(18)19)8-13(17)11-21-6-4-2;;/h1-4,12-13,16-17H,5-11H2,(H,18,19);;/q-2;;/p-1. The van der Waals surface area contributed by atoms with Crippen LogP contribution in [0.15, 0.2) is 12.2 Å². The third kappa shape index (κ3) is 15.0. The molecule has 0 aliphatic rings. The summed E-state index contributed by atoms with van der Waals surface area (Å²) in [4.78, 5) is 12.0. The Labute approximate surface area is 125 Å². The average molecular weight is 834 g/mol. The number of ether oxygens (including phenoxy) is 2. The monoisotopic (exact) mass is 834 g/mol. The summed E-state index contributed by atoms with van der Waals surface area (Å²) in [6, 6.07) is 0. The Morgan fingerprint density at radius 2 is 1.43 bits per heavy atom. The van der Waals surface area contributed by atoms with E-state index < -0.39 is 24.7 Å². The number of hydrogen-bond acceptors (Lipinski definition) is 7. The molecule has 23 heavy (non-hydrogen) atoms. The molecule has 7 nitrogen and oxygen atoms in total. The summed E-state index contributed by atoms with van der Waals surface area (Å²) in [7, 11) is 0. The number of aliphatic hydroxyl groups is 2. The SMILES string of the molecule is [CH-]=CCOCC(O)CN(CC(=O)[O-])CC(O)COCC=[CH-].[Rf].[Rf]. The maximum Gasteiger partial charge on any atom is 0.0900 e. The van der Waals surface area contributed by atoms with E-state index in [0.717, 1.165) is 0 Å². The van der Waals surface area contributed by atoms with Crippen molar-refractivity contribution in [2.75, 3.05) is 46.1 Å². The van der Waals surface area contributed by atoms with E-state index in [1.165, 1.54) is 17.1 Å². The van der Waals surface area contributed by atoms with E-state index in [1.807, 2.05) is 0 Å². The fraction of sp³-hybridized carbons (Fsp3) is 0.643. The van der Waals surface area contributed by atoms with Crippen LogP contribution in [0.1, 0.15) is 0 Å². The van der Waals surface area contributed by atoms with Crippen LogP contribution in [0.2, 0.25) is 0 Å². The smallest absolute Gasteiger partial charge is 0.0900 e. The van der Waals surface area contributed by atoms with E-state index in [1.54, 1.807) is 0 Å². The predicted octanol–water partition coefficient (Wildman–Crippen LogP) is -2.23. The van der Waals surface area contributed by atoms with Crippen molar-refractivity contribution in [3.8, 4) is 0 Å². The first-order valence-corrected chi connectivity index (χ1v) is 6.50. The van der Waals surface area contributed by atoms with Gasteiger partial charge in [-0.3, -0.25) is 4.90 Å². The predicted molar refractivity (Wildman–Crippen MR) is 72.8 cm³/mol. The molecule has 0 saturated heterocycles. The van der Waals surface area contributed by atoms with Crippen LogP contribution in [0.3, 0.4) is 0 Å². The second-order valence-corrected chi connectivity index (χ2v) is 4.42. The summed E-state index contributed by atoms with van der Waals surface area (Å²) in [5.41, 5.74) is 0. The van der Waals surface area contributed by atoms with Crippen molar-refractivity contribution >= 4 is 5.97 Å². The van der Waals surface area contributed by atoms with E-state index >= 15 is 0 Å². The molecule has 0 saturated carbocycles. The molecule has 126 valence electrons. The normalized spacial score (nSPS) is 12.7. The molecule has 0 rings (SSSR count). The molecule has 0 spiro atoms. The van der Waals surface area contributed by atoms with Crippen molar-refractivity contribution in [1.82, 2.24) is 4.90 Å². The van der Waals surface area contributed by atoms with Crippen LogP contribution in [0.25, 0.3) is 0 Å². The number of aliphatic hydroxyl groups excluding tert-OH is 2. The Morgan fingerprint density at radius 1 is 1.04 bits per heavy atom. The summed E-state index contributed by atoms with van der Waals surface area (Å²) in [6.45, 7) is 10.2. The first-order chi connectivity index (χ1) is 9.99. The summed E-state index contributed by atoms with van der Waals surface area (Å²) >= 11 is 0. The third-order valence-electron chi connectivity index (χ3n) is 2.34. The van der Waals surface area contributed by atoms with E-state index in [-0.39, 0.29) is 39.5 Å². The largest absolute Gasteiger partial charge is 0.549 e. The fourth-order valence-corrected chi connectivity index (χ4v) is 1.63. The van der Waals surface area contributed by atoms with Gasteiger partial charge in [0.1, 0.15) is 0 Å². The zero-order chi connectivity index (χ0) is 16.1. The zero-order valence-electron chi connectivity index (χ0n) is 13.3. The van der Waals surface area contributed by atoms with Crippen molar-refractivity contribution in [3.63, 3.8) is 0 Å². The summed E-state index contributed by atoms with van der Waals surface area (Å²) in [5, 5.41) is 30.1. The topological polar surface area (TPSA) is 102 Å².